The Labute approximate surface area is 118 Å². The lowest BCUT2D eigenvalue weighted by Crippen LogP contribution is -2.18. The van der Waals surface area contributed by atoms with Crippen LogP contribution in [0, 0.1) is 0 Å². The normalized spacial score (nSPS) is 13.3. The van der Waals surface area contributed by atoms with Gasteiger partial charge in [0.25, 0.3) is 0 Å². The van der Waals surface area contributed by atoms with Gasteiger partial charge in [-0.3, -0.25) is 0 Å². The first-order valence-corrected chi connectivity index (χ1v) is 6.23. The van der Waals surface area contributed by atoms with Crippen LogP contribution < -0.4 is 0 Å². The maximum atomic E-state index is 12.8. The molecule has 2 nitrogen and oxygen atoms in total. The minimum atomic E-state index is -5.26. The minimum absolute atomic E-state index is 0.352. The van der Waals surface area contributed by atoms with E-state index in [2.05, 4.69) is 24.7 Å². The molecule has 2 rings (SSSR count). The van der Waals surface area contributed by atoms with Crippen molar-refractivity contribution >= 4 is 50.3 Å². The minimum Gasteiger partial charge on any atom is -0.172 e. The van der Waals surface area contributed by atoms with E-state index in [-0.39, 0.29) is 5.52 Å². The highest BCUT2D eigenvalue weighted by molar-refractivity contribution is 9.10. The van der Waals surface area contributed by atoms with Crippen LogP contribution in [0.15, 0.2) is 4.47 Å². The second kappa shape index (κ2) is 4.45. The summed E-state index contributed by atoms with van der Waals surface area (Å²) in [5.41, 5.74) is -4.63. The van der Waals surface area contributed by atoms with Gasteiger partial charge >= 0.3 is 12.4 Å². The summed E-state index contributed by atoms with van der Waals surface area (Å²) in [5, 5.41) is -1.10. The van der Waals surface area contributed by atoms with E-state index in [9.17, 15) is 26.3 Å². The van der Waals surface area contributed by atoms with Gasteiger partial charge < -0.3 is 0 Å². The molecule has 1 heterocycles. The third-order valence-corrected chi connectivity index (χ3v) is 3.83. The molecule has 2 aromatic rings. The van der Waals surface area contributed by atoms with Crippen LogP contribution >= 0.6 is 39.3 Å². The smallest absolute Gasteiger partial charge is 0.172 e. The van der Waals surface area contributed by atoms with Gasteiger partial charge in [-0.1, -0.05) is 11.6 Å². The van der Waals surface area contributed by atoms with E-state index in [0.717, 1.165) is 0 Å². The van der Waals surface area contributed by atoms with Crippen LogP contribution in [0.4, 0.5) is 26.3 Å². The fourth-order valence-electron chi connectivity index (χ4n) is 1.47. The number of rotatable bonds is 0. The summed E-state index contributed by atoms with van der Waals surface area (Å²) < 4.78 is 83.0. The molecule has 0 amide bonds. The monoisotopic (exact) mass is 384 g/mol. The summed E-state index contributed by atoms with van der Waals surface area (Å²) in [6, 6.07) is 0. The van der Waals surface area contributed by atoms with Crippen molar-refractivity contribution in [2.24, 2.45) is 0 Å². The molecule has 0 aliphatic rings. The van der Waals surface area contributed by atoms with Gasteiger partial charge in [-0.05, 0) is 15.9 Å². The molecule has 19 heavy (non-hydrogen) atoms. The molecule has 1 aromatic heterocycles. The van der Waals surface area contributed by atoms with E-state index in [1.807, 2.05) is 0 Å². The molecular weight excluding hydrogens is 386 g/mol. The summed E-state index contributed by atoms with van der Waals surface area (Å²) in [4.78, 5) is 0. The molecule has 1 aromatic carbocycles. The quantitative estimate of drug-likeness (QED) is 0.587. The van der Waals surface area contributed by atoms with Crippen molar-refractivity contribution in [1.29, 1.82) is 0 Å². The molecule has 0 saturated carbocycles. The number of alkyl halides is 6. The highest BCUT2D eigenvalue weighted by Gasteiger charge is 2.48. The number of nitrogens with zero attached hydrogens (tertiary/aromatic N) is 2. The summed E-state index contributed by atoms with van der Waals surface area (Å²) in [6.07, 6.45) is -10.5. The number of fused-ring (bicyclic) bond motifs is 1. The summed E-state index contributed by atoms with van der Waals surface area (Å²) >= 11 is 8.38. The Morgan fingerprint density at radius 1 is 0.895 bits per heavy atom. The lowest BCUT2D eigenvalue weighted by Gasteiger charge is -2.18. The fourth-order valence-corrected chi connectivity index (χ4v) is 3.23. The van der Waals surface area contributed by atoms with Crippen LogP contribution in [-0.2, 0) is 12.4 Å². The van der Waals surface area contributed by atoms with Crippen molar-refractivity contribution in [2.75, 3.05) is 0 Å². The maximum absolute atomic E-state index is 12.8. The van der Waals surface area contributed by atoms with Gasteiger partial charge in [0.2, 0.25) is 0 Å². The van der Waals surface area contributed by atoms with Crippen molar-refractivity contribution < 1.29 is 26.3 Å². The van der Waals surface area contributed by atoms with Gasteiger partial charge in [-0.25, -0.2) is 0 Å². The molecular formula is C8BrClF6N2S. The Kier molecular flexibility index (Phi) is 3.47. The average Bonchev–Trinajstić information content (AvgIpc) is 2.68. The van der Waals surface area contributed by atoms with Crippen LogP contribution in [0.5, 0.6) is 0 Å². The molecule has 0 radical (unpaired) electrons. The van der Waals surface area contributed by atoms with Crippen LogP contribution in [0.25, 0.3) is 11.0 Å². The second-order valence-corrected chi connectivity index (χ2v) is 5.03. The van der Waals surface area contributed by atoms with Gasteiger partial charge in [0.05, 0.1) is 32.4 Å². The lowest BCUT2D eigenvalue weighted by atomic mass is 10.0. The molecule has 0 N–H and O–H groups in total. The van der Waals surface area contributed by atoms with E-state index >= 15 is 0 Å². The van der Waals surface area contributed by atoms with Crippen molar-refractivity contribution in [2.45, 2.75) is 12.4 Å². The number of hydrogen-bond donors (Lipinski definition) is 0. The predicted octanol–water partition coefficient (Wildman–Crippen LogP) is 5.14. The molecule has 0 fully saturated rings. The Morgan fingerprint density at radius 3 is 1.84 bits per heavy atom. The van der Waals surface area contributed by atoms with Gasteiger partial charge in [0.15, 0.2) is 0 Å². The van der Waals surface area contributed by atoms with Crippen molar-refractivity contribution in [3.05, 3.63) is 20.6 Å². The average molecular weight is 386 g/mol. The summed E-state index contributed by atoms with van der Waals surface area (Å²) in [6.45, 7) is 0. The highest BCUT2D eigenvalue weighted by atomic mass is 79.9. The Morgan fingerprint density at radius 2 is 1.37 bits per heavy atom. The molecule has 0 saturated heterocycles. The Hall–Kier alpha value is -0.610. The SMILES string of the molecule is FC(F)(F)c1c(C(F)(F)F)c(Br)c2nsnc2c1Cl. The highest BCUT2D eigenvalue weighted by Crippen LogP contribution is 2.49. The number of halogens is 8. The van der Waals surface area contributed by atoms with Crippen molar-refractivity contribution in [3.63, 3.8) is 0 Å². The zero-order valence-corrected chi connectivity index (χ0v) is 11.5. The summed E-state index contributed by atoms with van der Waals surface area (Å²) in [5.74, 6) is 0. The molecule has 0 atom stereocenters. The van der Waals surface area contributed by atoms with Crippen LogP contribution in [0.3, 0.4) is 0 Å². The first-order chi connectivity index (χ1) is 8.55. The molecule has 0 spiro atoms. The molecule has 104 valence electrons. The van der Waals surface area contributed by atoms with Gasteiger partial charge in [0, 0.05) is 0 Å². The third-order valence-electron chi connectivity index (χ3n) is 2.16. The van der Waals surface area contributed by atoms with Crippen LogP contribution in [-0.4, -0.2) is 8.75 Å². The third kappa shape index (κ3) is 2.40. The maximum Gasteiger partial charge on any atom is 0.418 e. The van der Waals surface area contributed by atoms with Gasteiger partial charge in [-0.2, -0.15) is 35.1 Å². The van der Waals surface area contributed by atoms with E-state index in [0.29, 0.717) is 11.7 Å². The van der Waals surface area contributed by atoms with E-state index < -0.39 is 38.5 Å². The van der Waals surface area contributed by atoms with E-state index in [4.69, 9.17) is 11.6 Å². The molecule has 0 bridgehead atoms. The molecule has 0 unspecified atom stereocenters. The first kappa shape index (κ1) is 14.8. The van der Waals surface area contributed by atoms with Crippen LogP contribution in [0.1, 0.15) is 11.1 Å². The lowest BCUT2D eigenvalue weighted by molar-refractivity contribution is -0.162. The zero-order chi connectivity index (χ0) is 14.6. The molecule has 0 aliphatic carbocycles. The standard InChI is InChI=1S/C8BrClF6N2S/c9-3-1(7(11,12)13)2(8(14,15)16)4(10)6-5(3)17-19-18-6. The number of hydrogen-bond acceptors (Lipinski definition) is 3. The van der Waals surface area contributed by atoms with E-state index in [1.54, 1.807) is 0 Å². The fraction of sp³-hybridized carbons (Fsp3) is 0.250. The second-order valence-electron chi connectivity index (χ2n) is 3.33. The first-order valence-electron chi connectivity index (χ1n) is 4.32. The number of aromatic nitrogens is 2. The molecule has 0 aliphatic heterocycles. The van der Waals surface area contributed by atoms with Gasteiger partial charge in [-0.15, -0.1) is 0 Å². The van der Waals surface area contributed by atoms with Crippen molar-refractivity contribution in [1.82, 2.24) is 8.75 Å². The van der Waals surface area contributed by atoms with E-state index in [1.165, 1.54) is 0 Å². The number of benzene rings is 1. The predicted molar refractivity (Wildman–Crippen MR) is 60.1 cm³/mol. The Balaban J connectivity index is 3.02. The van der Waals surface area contributed by atoms with Crippen molar-refractivity contribution in [3.8, 4) is 0 Å². The summed E-state index contributed by atoms with van der Waals surface area (Å²) in [7, 11) is 0. The Bertz CT molecular complexity index is 595. The van der Waals surface area contributed by atoms with Crippen LogP contribution in [0.2, 0.25) is 5.02 Å². The largest absolute Gasteiger partial charge is 0.418 e. The molecule has 11 heteroatoms. The van der Waals surface area contributed by atoms with Gasteiger partial charge in [0.1, 0.15) is 11.0 Å². The zero-order valence-electron chi connectivity index (χ0n) is 8.33. The topological polar surface area (TPSA) is 25.8 Å².